The molecule has 1 fully saturated rings. The maximum Gasteiger partial charge on any atom is 0.137 e. The fourth-order valence-electron chi connectivity index (χ4n) is 1.97. The number of hydrogen-bond donors (Lipinski definition) is 0. The molecule has 0 amide bonds. The zero-order valence-electron chi connectivity index (χ0n) is 7.82. The van der Waals surface area contributed by atoms with Gasteiger partial charge in [0.15, 0.2) is 0 Å². The zero-order valence-corrected chi connectivity index (χ0v) is 8.82. The monoisotopic (exact) mass is 168 g/mol. The molecule has 0 aromatic rings. The smallest absolute Gasteiger partial charge is 0.137 e. The van der Waals surface area contributed by atoms with E-state index in [9.17, 15) is 4.79 Å². The van der Waals surface area contributed by atoms with Crippen LogP contribution in [-0.4, -0.2) is 13.9 Å². The highest BCUT2D eigenvalue weighted by atomic mass is 28.3. The summed E-state index contributed by atoms with van der Waals surface area (Å²) in [6.07, 6.45) is 0.956. The average molecular weight is 168 g/mol. The van der Waals surface area contributed by atoms with Crippen molar-refractivity contribution >= 4 is 13.9 Å². The van der Waals surface area contributed by atoms with E-state index in [1.54, 1.807) is 6.92 Å². The minimum absolute atomic E-state index is 0.0486. The molecule has 1 unspecified atom stereocenters. The molecule has 1 atom stereocenters. The minimum Gasteiger partial charge on any atom is -0.299 e. The van der Waals surface area contributed by atoms with Gasteiger partial charge in [0.05, 0.1) is 8.07 Å². The number of carbonyl (C=O) groups excluding carboxylic acids is 1. The maximum atomic E-state index is 11.4. The average Bonchev–Trinajstić information content (AvgIpc) is 2.39. The van der Waals surface area contributed by atoms with Crippen LogP contribution in [0.3, 0.4) is 0 Å². The van der Waals surface area contributed by atoms with Crippen molar-refractivity contribution in [3.63, 3.8) is 0 Å². The minimum atomic E-state index is -1.35. The van der Waals surface area contributed by atoms with Crippen LogP contribution in [0.15, 0.2) is 12.2 Å². The Balaban J connectivity index is 2.98. The van der Waals surface area contributed by atoms with E-state index in [0.717, 1.165) is 6.42 Å². The Hall–Kier alpha value is -0.373. The van der Waals surface area contributed by atoms with Gasteiger partial charge in [0.2, 0.25) is 0 Å². The van der Waals surface area contributed by atoms with Gasteiger partial charge in [-0.25, -0.2) is 0 Å². The first-order chi connectivity index (χ1) is 4.82. The zero-order chi connectivity index (χ0) is 8.86. The fraction of sp³-hybridized carbons (Fsp3) is 0.667. The van der Waals surface area contributed by atoms with Crippen LogP contribution in [-0.2, 0) is 4.79 Å². The molecule has 11 heavy (non-hydrogen) atoms. The van der Waals surface area contributed by atoms with Crippen LogP contribution in [0.5, 0.6) is 0 Å². The number of allylic oxidation sites excluding steroid dienone is 1. The van der Waals surface area contributed by atoms with Gasteiger partial charge in [0.25, 0.3) is 0 Å². The lowest BCUT2D eigenvalue weighted by molar-refractivity contribution is -0.117. The van der Waals surface area contributed by atoms with Crippen molar-refractivity contribution in [3.05, 3.63) is 12.2 Å². The molecule has 0 aliphatic heterocycles. The van der Waals surface area contributed by atoms with E-state index in [-0.39, 0.29) is 5.04 Å². The summed E-state index contributed by atoms with van der Waals surface area (Å²) in [4.78, 5) is 11.4. The van der Waals surface area contributed by atoms with E-state index in [2.05, 4.69) is 26.2 Å². The van der Waals surface area contributed by atoms with Gasteiger partial charge in [-0.2, -0.15) is 0 Å². The molecule has 0 N–H and O–H groups in total. The van der Waals surface area contributed by atoms with E-state index < -0.39 is 8.07 Å². The Bertz CT molecular complexity index is 224. The number of ketones is 1. The summed E-state index contributed by atoms with van der Waals surface area (Å²) in [6, 6.07) is 0. The molecule has 0 bridgehead atoms. The Labute approximate surface area is 69.5 Å². The molecule has 0 saturated heterocycles. The molecule has 1 aliphatic rings. The number of carbonyl (C=O) groups is 1. The molecule has 0 spiro atoms. The van der Waals surface area contributed by atoms with Crippen molar-refractivity contribution < 1.29 is 4.79 Å². The molecule has 1 rings (SSSR count). The van der Waals surface area contributed by atoms with E-state index in [4.69, 9.17) is 0 Å². The highest BCUT2D eigenvalue weighted by Gasteiger charge is 2.59. The maximum absolute atomic E-state index is 11.4. The molecular weight excluding hydrogens is 152 g/mol. The van der Waals surface area contributed by atoms with Crippen LogP contribution in [0, 0.1) is 0 Å². The Kier molecular flexibility index (Phi) is 1.64. The largest absolute Gasteiger partial charge is 0.299 e. The Morgan fingerprint density at radius 3 is 1.91 bits per heavy atom. The summed E-state index contributed by atoms with van der Waals surface area (Å²) in [5.41, 5.74) is 1.17. The summed E-state index contributed by atoms with van der Waals surface area (Å²) < 4.78 is 0. The molecule has 2 heteroatoms. The summed E-state index contributed by atoms with van der Waals surface area (Å²) in [5, 5.41) is -0.0486. The van der Waals surface area contributed by atoms with Crippen molar-refractivity contribution in [2.24, 2.45) is 0 Å². The van der Waals surface area contributed by atoms with E-state index in [1.807, 2.05) is 0 Å². The molecule has 62 valence electrons. The van der Waals surface area contributed by atoms with E-state index in [0.29, 0.717) is 5.78 Å². The first-order valence-electron chi connectivity index (χ1n) is 4.01. The van der Waals surface area contributed by atoms with Crippen LogP contribution < -0.4 is 0 Å². The van der Waals surface area contributed by atoms with E-state index >= 15 is 0 Å². The molecule has 0 aromatic carbocycles. The molecule has 1 saturated carbocycles. The quantitative estimate of drug-likeness (QED) is 0.457. The number of Topliss-reactive ketones (excluding diaryl/α,β-unsaturated/α-hetero) is 1. The van der Waals surface area contributed by atoms with Crippen LogP contribution in [0.4, 0.5) is 0 Å². The van der Waals surface area contributed by atoms with Gasteiger partial charge < -0.3 is 0 Å². The summed E-state index contributed by atoms with van der Waals surface area (Å²) in [6.45, 7) is 12.4. The van der Waals surface area contributed by atoms with Gasteiger partial charge in [-0.05, 0) is 13.3 Å². The van der Waals surface area contributed by atoms with Gasteiger partial charge >= 0.3 is 0 Å². The summed E-state index contributed by atoms with van der Waals surface area (Å²) >= 11 is 0. The summed E-state index contributed by atoms with van der Waals surface area (Å²) in [5.74, 6) is 0.335. The second kappa shape index (κ2) is 2.06. The van der Waals surface area contributed by atoms with Crippen molar-refractivity contribution in [3.8, 4) is 0 Å². The highest BCUT2D eigenvalue weighted by Crippen LogP contribution is 2.65. The first kappa shape index (κ1) is 8.72. The topological polar surface area (TPSA) is 17.1 Å². The van der Waals surface area contributed by atoms with Crippen molar-refractivity contribution in [2.75, 3.05) is 0 Å². The van der Waals surface area contributed by atoms with Gasteiger partial charge in [-0.15, -0.1) is 0 Å². The molecule has 1 aliphatic carbocycles. The van der Waals surface area contributed by atoms with Crippen LogP contribution in [0.1, 0.15) is 13.3 Å². The van der Waals surface area contributed by atoms with Crippen molar-refractivity contribution in [1.29, 1.82) is 0 Å². The Morgan fingerprint density at radius 2 is 1.91 bits per heavy atom. The Morgan fingerprint density at radius 1 is 1.55 bits per heavy atom. The predicted molar refractivity (Wildman–Crippen MR) is 50.5 cm³/mol. The lowest BCUT2D eigenvalue weighted by atomic mass is 10.3. The molecule has 0 heterocycles. The lowest BCUT2D eigenvalue weighted by Crippen LogP contribution is -2.34. The lowest BCUT2D eigenvalue weighted by Gasteiger charge is -2.25. The van der Waals surface area contributed by atoms with Crippen molar-refractivity contribution in [1.82, 2.24) is 0 Å². The molecule has 0 aromatic heterocycles. The number of rotatable bonds is 2. The van der Waals surface area contributed by atoms with Crippen LogP contribution in [0.2, 0.25) is 24.7 Å². The van der Waals surface area contributed by atoms with E-state index in [1.165, 1.54) is 5.57 Å². The van der Waals surface area contributed by atoms with Gasteiger partial charge in [0, 0.05) is 5.04 Å². The van der Waals surface area contributed by atoms with Gasteiger partial charge in [-0.1, -0.05) is 31.8 Å². The first-order valence-corrected chi connectivity index (χ1v) is 7.51. The highest BCUT2D eigenvalue weighted by molar-refractivity contribution is 6.84. The molecular formula is C9H16OSi. The molecule has 0 radical (unpaired) electrons. The van der Waals surface area contributed by atoms with Gasteiger partial charge in [0.1, 0.15) is 5.78 Å². The normalized spacial score (nSPS) is 30.4. The SMILES string of the molecule is C=C1CC1(C(C)=O)[Si](C)(C)C. The third-order valence-corrected chi connectivity index (χ3v) is 6.28. The third-order valence-electron chi connectivity index (χ3n) is 2.84. The second-order valence-corrected chi connectivity index (χ2v) is 9.85. The predicted octanol–water partition coefficient (Wildman–Crippen LogP) is 2.61. The van der Waals surface area contributed by atoms with Crippen molar-refractivity contribution in [2.45, 2.75) is 38.0 Å². The van der Waals surface area contributed by atoms with Crippen LogP contribution in [0.25, 0.3) is 0 Å². The van der Waals surface area contributed by atoms with Gasteiger partial charge in [-0.3, -0.25) is 4.79 Å². The van der Waals surface area contributed by atoms with Crippen LogP contribution >= 0.6 is 0 Å². The standard InChI is InChI=1S/C9H16OSi/c1-7-6-9(7,8(2)10)11(3,4)5/h1,6H2,2-5H3. The second-order valence-electron chi connectivity index (χ2n) is 4.49. The number of hydrogen-bond acceptors (Lipinski definition) is 1. The third kappa shape index (κ3) is 1.00. The fourth-order valence-corrected chi connectivity index (χ4v) is 4.83. The summed E-state index contributed by atoms with van der Waals surface area (Å²) in [7, 11) is -1.35. The molecule has 1 nitrogen and oxygen atoms in total.